The van der Waals surface area contributed by atoms with E-state index in [1.54, 1.807) is 0 Å². The van der Waals surface area contributed by atoms with E-state index in [-0.39, 0.29) is 11.5 Å². The van der Waals surface area contributed by atoms with E-state index >= 15 is 0 Å². The first-order valence-corrected chi connectivity index (χ1v) is 9.81. The van der Waals surface area contributed by atoms with Gasteiger partial charge in [0.1, 0.15) is 11.9 Å². The van der Waals surface area contributed by atoms with E-state index < -0.39 is 0 Å². The Hall–Kier alpha value is -1.75. The third-order valence-corrected chi connectivity index (χ3v) is 5.60. The van der Waals surface area contributed by atoms with Crippen LogP contribution in [0.15, 0.2) is 29.3 Å². The molecule has 4 atom stereocenters. The summed E-state index contributed by atoms with van der Waals surface area (Å²) in [6, 6.07) is 8.55. The zero-order chi connectivity index (χ0) is 18.7. The van der Waals surface area contributed by atoms with Crippen LogP contribution in [0.3, 0.4) is 0 Å². The quantitative estimate of drug-likeness (QED) is 0.605. The van der Waals surface area contributed by atoms with Crippen LogP contribution in [0.1, 0.15) is 39.7 Å². The summed E-state index contributed by atoms with van der Waals surface area (Å²) in [5.74, 6) is 2.35. The molecule has 144 valence electrons. The zero-order valence-electron chi connectivity index (χ0n) is 16.7. The normalized spacial score (nSPS) is 28.0. The van der Waals surface area contributed by atoms with Gasteiger partial charge >= 0.3 is 0 Å². The Labute approximate surface area is 157 Å². The van der Waals surface area contributed by atoms with E-state index in [9.17, 15) is 0 Å². The molecule has 1 aromatic carbocycles. The summed E-state index contributed by atoms with van der Waals surface area (Å²) in [6.07, 6.45) is 1.54. The zero-order valence-corrected chi connectivity index (χ0v) is 16.7. The van der Waals surface area contributed by atoms with E-state index in [0.29, 0.717) is 24.6 Å². The van der Waals surface area contributed by atoms with Crippen LogP contribution in [0.2, 0.25) is 0 Å². The van der Waals surface area contributed by atoms with Crippen molar-refractivity contribution in [2.75, 3.05) is 19.7 Å². The van der Waals surface area contributed by atoms with Crippen LogP contribution in [0.25, 0.3) is 0 Å². The highest BCUT2D eigenvalue weighted by molar-refractivity contribution is 5.80. The maximum Gasteiger partial charge on any atom is 0.191 e. The number of hydrogen-bond acceptors (Lipinski definition) is 3. The van der Waals surface area contributed by atoms with Crippen LogP contribution in [-0.4, -0.2) is 43.9 Å². The Morgan fingerprint density at radius 3 is 2.77 bits per heavy atom. The van der Waals surface area contributed by atoms with E-state index in [4.69, 9.17) is 14.5 Å². The Morgan fingerprint density at radius 1 is 1.35 bits per heavy atom. The highest BCUT2D eigenvalue weighted by Gasteiger charge is 2.59. The average molecular weight is 360 g/mol. The van der Waals surface area contributed by atoms with E-state index in [1.165, 1.54) is 5.56 Å². The highest BCUT2D eigenvalue weighted by atomic mass is 16.5. The minimum atomic E-state index is 0.0186. The molecule has 0 amide bonds. The predicted molar refractivity (Wildman–Crippen MR) is 106 cm³/mol. The first-order chi connectivity index (χ1) is 12.4. The van der Waals surface area contributed by atoms with Gasteiger partial charge in [0.15, 0.2) is 5.96 Å². The molecule has 0 aromatic heterocycles. The van der Waals surface area contributed by atoms with Gasteiger partial charge in [0.05, 0.1) is 12.6 Å². The van der Waals surface area contributed by atoms with Crippen molar-refractivity contribution in [1.29, 1.82) is 0 Å². The molecule has 4 unspecified atom stereocenters. The molecule has 0 bridgehead atoms. The number of fused-ring (bicyclic) bond motifs is 1. The van der Waals surface area contributed by atoms with Crippen molar-refractivity contribution in [3.63, 3.8) is 0 Å². The van der Waals surface area contributed by atoms with Gasteiger partial charge in [-0.15, -0.1) is 0 Å². The number of nitrogens with one attached hydrogen (secondary N) is 2. The number of benzene rings is 1. The smallest absolute Gasteiger partial charge is 0.191 e. The lowest BCUT2D eigenvalue weighted by molar-refractivity contribution is -0.106. The predicted octanol–water partition coefficient (Wildman–Crippen LogP) is 3.13. The van der Waals surface area contributed by atoms with E-state index in [1.807, 2.05) is 12.1 Å². The third-order valence-electron chi connectivity index (χ3n) is 5.60. The summed E-state index contributed by atoms with van der Waals surface area (Å²) < 4.78 is 11.9. The van der Waals surface area contributed by atoms with Crippen LogP contribution < -0.4 is 15.4 Å². The Morgan fingerprint density at radius 2 is 2.08 bits per heavy atom. The van der Waals surface area contributed by atoms with Crippen LogP contribution in [0, 0.1) is 18.3 Å². The third kappa shape index (κ3) is 3.98. The molecule has 0 radical (unpaired) electrons. The SMILES string of the molecule is CCNC(=NCC(C)Oc1ccc(C)cc1)NC1C2CCOC2C1(C)C. The Bertz CT molecular complexity index is 627. The van der Waals surface area contributed by atoms with Gasteiger partial charge in [0.25, 0.3) is 0 Å². The number of rotatable bonds is 6. The van der Waals surface area contributed by atoms with E-state index in [2.05, 4.69) is 57.4 Å². The summed E-state index contributed by atoms with van der Waals surface area (Å²) >= 11 is 0. The number of aliphatic imine (C=N–C) groups is 1. The minimum Gasteiger partial charge on any atom is -0.489 e. The molecular formula is C21H33N3O2. The Kier molecular flexibility index (Phi) is 5.76. The molecule has 5 heteroatoms. The maximum atomic E-state index is 5.97. The molecule has 0 spiro atoms. The summed E-state index contributed by atoms with van der Waals surface area (Å²) in [7, 11) is 0. The van der Waals surface area contributed by atoms with Gasteiger partial charge in [-0.2, -0.15) is 0 Å². The lowest BCUT2D eigenvalue weighted by atomic mass is 9.57. The Balaban J connectivity index is 1.57. The van der Waals surface area contributed by atoms with Crippen molar-refractivity contribution < 1.29 is 9.47 Å². The van der Waals surface area contributed by atoms with Crippen LogP contribution in [-0.2, 0) is 4.74 Å². The summed E-state index contributed by atoms with van der Waals surface area (Å²) in [6.45, 7) is 13.1. The summed E-state index contributed by atoms with van der Waals surface area (Å²) in [4.78, 5) is 4.76. The van der Waals surface area contributed by atoms with Gasteiger partial charge in [0, 0.05) is 30.5 Å². The molecule has 1 heterocycles. The second-order valence-corrected chi connectivity index (χ2v) is 8.15. The fourth-order valence-electron chi connectivity index (χ4n) is 4.19. The minimum absolute atomic E-state index is 0.0186. The van der Waals surface area contributed by atoms with Crippen LogP contribution in [0.4, 0.5) is 0 Å². The van der Waals surface area contributed by atoms with Gasteiger partial charge < -0.3 is 20.1 Å². The summed E-state index contributed by atoms with van der Waals surface area (Å²) in [5, 5.41) is 7.01. The van der Waals surface area contributed by atoms with Crippen molar-refractivity contribution in [3.05, 3.63) is 29.8 Å². The van der Waals surface area contributed by atoms with Gasteiger partial charge in [-0.05, 0) is 39.3 Å². The second-order valence-electron chi connectivity index (χ2n) is 8.15. The number of aryl methyl sites for hydroxylation is 1. The number of hydrogen-bond donors (Lipinski definition) is 2. The van der Waals surface area contributed by atoms with Crippen molar-refractivity contribution in [1.82, 2.24) is 10.6 Å². The standard InChI is InChI=1S/C21H33N3O2/c1-6-22-20(24-18-17-11-12-25-19(17)21(18,4)5)23-13-15(3)26-16-9-7-14(2)8-10-16/h7-10,15,17-19H,6,11-13H2,1-5H3,(H2,22,23,24). The molecular weight excluding hydrogens is 326 g/mol. The van der Waals surface area contributed by atoms with Crippen molar-refractivity contribution in [3.8, 4) is 5.75 Å². The molecule has 2 N–H and O–H groups in total. The molecule has 1 aliphatic heterocycles. The molecule has 2 aliphatic rings. The van der Waals surface area contributed by atoms with Crippen LogP contribution in [0.5, 0.6) is 5.75 Å². The van der Waals surface area contributed by atoms with E-state index in [0.717, 1.165) is 31.3 Å². The largest absolute Gasteiger partial charge is 0.489 e. The maximum absolute atomic E-state index is 5.97. The topological polar surface area (TPSA) is 54.9 Å². The average Bonchev–Trinajstić information content (AvgIpc) is 3.06. The molecule has 1 saturated carbocycles. The van der Waals surface area contributed by atoms with Crippen molar-refractivity contribution in [2.24, 2.45) is 16.3 Å². The molecule has 1 aliphatic carbocycles. The second kappa shape index (κ2) is 7.87. The summed E-state index contributed by atoms with van der Waals surface area (Å²) in [5.41, 5.74) is 1.38. The van der Waals surface area contributed by atoms with Crippen LogP contribution >= 0.6 is 0 Å². The van der Waals surface area contributed by atoms with Gasteiger partial charge in [-0.25, -0.2) is 4.99 Å². The molecule has 2 fully saturated rings. The molecule has 1 saturated heterocycles. The number of nitrogens with zero attached hydrogens (tertiary/aromatic N) is 1. The van der Waals surface area contributed by atoms with Crippen molar-refractivity contribution >= 4 is 5.96 Å². The first kappa shape index (κ1) is 19.0. The van der Waals surface area contributed by atoms with Gasteiger partial charge in [-0.3, -0.25) is 0 Å². The highest BCUT2D eigenvalue weighted by Crippen LogP contribution is 2.52. The lowest BCUT2D eigenvalue weighted by Gasteiger charge is -2.54. The monoisotopic (exact) mass is 359 g/mol. The molecule has 5 nitrogen and oxygen atoms in total. The molecule has 26 heavy (non-hydrogen) atoms. The molecule has 1 aromatic rings. The van der Waals surface area contributed by atoms with Gasteiger partial charge in [0.2, 0.25) is 0 Å². The number of guanidine groups is 1. The van der Waals surface area contributed by atoms with Crippen molar-refractivity contribution in [2.45, 2.75) is 59.3 Å². The lowest BCUT2D eigenvalue weighted by Crippen LogP contribution is -2.68. The number of ether oxygens (including phenoxy) is 2. The fourth-order valence-corrected chi connectivity index (χ4v) is 4.19. The first-order valence-electron chi connectivity index (χ1n) is 9.81. The molecule has 3 rings (SSSR count). The van der Waals surface area contributed by atoms with Gasteiger partial charge in [-0.1, -0.05) is 31.5 Å². The fraction of sp³-hybridized carbons (Fsp3) is 0.667.